The number of methoxy groups -OCH3 is 2. The summed E-state index contributed by atoms with van der Waals surface area (Å²) < 4.78 is 10.8. The monoisotopic (exact) mass is 413 g/mol. The maximum atomic E-state index is 12.8. The number of aliphatic carboxylic acids is 1. The van der Waals surface area contributed by atoms with Crippen molar-refractivity contribution in [1.82, 2.24) is 4.90 Å². The molecule has 1 aliphatic rings. The third-order valence-corrected chi connectivity index (χ3v) is 5.72. The first-order valence-electron chi connectivity index (χ1n) is 7.63. The lowest BCUT2D eigenvalue weighted by Gasteiger charge is -2.22. The molecule has 1 aromatic carbocycles. The van der Waals surface area contributed by atoms with Gasteiger partial charge in [0, 0.05) is 11.6 Å². The quantitative estimate of drug-likeness (QED) is 0.515. The number of amides is 1. The van der Waals surface area contributed by atoms with Crippen LogP contribution in [0.1, 0.15) is 12.0 Å². The summed E-state index contributed by atoms with van der Waals surface area (Å²) in [5.74, 6) is 0.352. The van der Waals surface area contributed by atoms with Crippen molar-refractivity contribution in [3.05, 3.63) is 28.7 Å². The van der Waals surface area contributed by atoms with Gasteiger partial charge in [0.25, 0.3) is 5.91 Å². The maximum Gasteiger partial charge on any atom is 0.326 e. The van der Waals surface area contributed by atoms with E-state index in [1.807, 2.05) is 6.26 Å². The number of rotatable bonds is 8. The minimum atomic E-state index is -1.06. The van der Waals surface area contributed by atoms with Crippen molar-refractivity contribution in [2.45, 2.75) is 12.5 Å². The summed E-state index contributed by atoms with van der Waals surface area (Å²) in [5, 5.41) is 9.49. The number of carboxylic acid groups (broad SMARTS) is 1. The van der Waals surface area contributed by atoms with E-state index in [9.17, 15) is 14.7 Å². The molecule has 140 valence electrons. The van der Waals surface area contributed by atoms with Crippen molar-refractivity contribution in [2.75, 3.05) is 26.2 Å². The van der Waals surface area contributed by atoms with E-state index in [2.05, 4.69) is 0 Å². The largest absolute Gasteiger partial charge is 0.497 e. The molecule has 1 amide bonds. The standard InChI is InChI=1S/C17H19NO5S3/c1-22-11-5-4-10(13(9-11)23-2)8-14-15(19)18(17(24)26-14)12(16(20)21)6-7-25-3/h4-5,8-9,12H,6-7H2,1-3H3,(H,20,21)/b14-8+. The Balaban J connectivity index is 2.33. The molecule has 1 unspecified atom stereocenters. The molecule has 1 heterocycles. The average molecular weight is 414 g/mol. The predicted molar refractivity (Wildman–Crippen MR) is 109 cm³/mol. The molecule has 26 heavy (non-hydrogen) atoms. The number of thioether (sulfide) groups is 2. The van der Waals surface area contributed by atoms with Gasteiger partial charge in [0.05, 0.1) is 19.1 Å². The van der Waals surface area contributed by atoms with Gasteiger partial charge in [0.1, 0.15) is 21.9 Å². The highest BCUT2D eigenvalue weighted by Crippen LogP contribution is 2.36. The molecule has 1 N–H and O–H groups in total. The zero-order chi connectivity index (χ0) is 19.3. The van der Waals surface area contributed by atoms with Gasteiger partial charge in [-0.05, 0) is 36.6 Å². The van der Waals surface area contributed by atoms with Gasteiger partial charge < -0.3 is 14.6 Å². The van der Waals surface area contributed by atoms with Crippen LogP contribution in [0.25, 0.3) is 6.08 Å². The predicted octanol–water partition coefficient (Wildman–Crippen LogP) is 3.11. The molecule has 6 nitrogen and oxygen atoms in total. The van der Waals surface area contributed by atoms with Crippen molar-refractivity contribution in [1.29, 1.82) is 0 Å². The van der Waals surface area contributed by atoms with Crippen LogP contribution in [0, 0.1) is 0 Å². The van der Waals surface area contributed by atoms with Gasteiger partial charge in [0.2, 0.25) is 0 Å². The fraction of sp³-hybridized carbons (Fsp3) is 0.353. The van der Waals surface area contributed by atoms with Crippen LogP contribution < -0.4 is 9.47 Å². The van der Waals surface area contributed by atoms with Crippen molar-refractivity contribution in [3.8, 4) is 11.5 Å². The van der Waals surface area contributed by atoms with Gasteiger partial charge in [-0.25, -0.2) is 4.79 Å². The van der Waals surface area contributed by atoms with Crippen LogP contribution >= 0.6 is 35.7 Å². The van der Waals surface area contributed by atoms with Gasteiger partial charge in [-0.15, -0.1) is 0 Å². The van der Waals surface area contributed by atoms with E-state index < -0.39 is 17.9 Å². The molecule has 2 rings (SSSR count). The van der Waals surface area contributed by atoms with E-state index in [1.54, 1.807) is 31.4 Å². The van der Waals surface area contributed by atoms with Gasteiger partial charge in [-0.3, -0.25) is 9.69 Å². The Morgan fingerprint density at radius 2 is 2.15 bits per heavy atom. The van der Waals surface area contributed by atoms with Crippen LogP contribution in [0.4, 0.5) is 0 Å². The summed E-state index contributed by atoms with van der Waals surface area (Å²) in [7, 11) is 3.08. The van der Waals surface area contributed by atoms with Crippen molar-refractivity contribution in [3.63, 3.8) is 0 Å². The van der Waals surface area contributed by atoms with Crippen LogP contribution in [0.5, 0.6) is 11.5 Å². The molecule has 0 radical (unpaired) electrons. The number of ether oxygens (including phenoxy) is 2. The van der Waals surface area contributed by atoms with E-state index >= 15 is 0 Å². The minimum Gasteiger partial charge on any atom is -0.497 e. The van der Waals surface area contributed by atoms with Crippen LogP contribution in [0.15, 0.2) is 23.1 Å². The maximum absolute atomic E-state index is 12.8. The SMILES string of the molecule is COc1ccc(/C=C2/SC(=S)N(C(CCSC)C(=O)O)C2=O)c(OC)c1. The lowest BCUT2D eigenvalue weighted by atomic mass is 10.1. The number of benzene rings is 1. The number of thiocarbonyl (C=S) groups is 1. The number of hydrogen-bond acceptors (Lipinski definition) is 7. The molecule has 1 fully saturated rings. The summed E-state index contributed by atoms with van der Waals surface area (Å²) in [6, 6.07) is 4.28. The molecule has 0 saturated carbocycles. The summed E-state index contributed by atoms with van der Waals surface area (Å²) in [5.41, 5.74) is 0.685. The lowest BCUT2D eigenvalue weighted by molar-refractivity contribution is -0.145. The fourth-order valence-electron chi connectivity index (χ4n) is 2.42. The minimum absolute atomic E-state index is 0.252. The summed E-state index contributed by atoms with van der Waals surface area (Å²) in [6.07, 6.45) is 3.88. The van der Waals surface area contributed by atoms with Crippen molar-refractivity contribution in [2.24, 2.45) is 0 Å². The topological polar surface area (TPSA) is 76.1 Å². The molecular weight excluding hydrogens is 394 g/mol. The Morgan fingerprint density at radius 3 is 2.73 bits per heavy atom. The van der Waals surface area contributed by atoms with E-state index in [1.165, 1.54) is 23.8 Å². The second kappa shape index (κ2) is 9.29. The molecule has 1 aromatic rings. The van der Waals surface area contributed by atoms with Crippen LogP contribution in [0.2, 0.25) is 0 Å². The zero-order valence-corrected chi connectivity index (χ0v) is 17.0. The molecule has 9 heteroatoms. The van der Waals surface area contributed by atoms with Crippen molar-refractivity contribution >= 4 is 58.0 Å². The van der Waals surface area contributed by atoms with Gasteiger partial charge in [-0.1, -0.05) is 24.0 Å². The Hall–Kier alpha value is -1.71. The molecule has 0 bridgehead atoms. The van der Waals surface area contributed by atoms with Gasteiger partial charge >= 0.3 is 5.97 Å². The number of hydrogen-bond donors (Lipinski definition) is 1. The fourth-order valence-corrected chi connectivity index (χ4v) is 4.23. The normalized spacial score (nSPS) is 16.9. The van der Waals surface area contributed by atoms with Crippen LogP contribution in [0.3, 0.4) is 0 Å². The number of carboxylic acids is 1. The Morgan fingerprint density at radius 1 is 1.42 bits per heavy atom. The van der Waals surface area contributed by atoms with E-state index in [4.69, 9.17) is 21.7 Å². The average Bonchev–Trinajstić information content (AvgIpc) is 2.89. The molecule has 0 aromatic heterocycles. The second-order valence-corrected chi connectivity index (χ2v) is 7.96. The van der Waals surface area contributed by atoms with Crippen LogP contribution in [-0.2, 0) is 9.59 Å². The summed E-state index contributed by atoms with van der Waals surface area (Å²) >= 11 is 7.89. The second-order valence-electron chi connectivity index (χ2n) is 5.30. The molecule has 0 aliphatic carbocycles. The first-order chi connectivity index (χ1) is 12.4. The van der Waals surface area contributed by atoms with Gasteiger partial charge in [0.15, 0.2) is 0 Å². The third kappa shape index (κ3) is 4.52. The van der Waals surface area contributed by atoms with Crippen molar-refractivity contribution < 1.29 is 24.2 Å². The highest BCUT2D eigenvalue weighted by molar-refractivity contribution is 8.26. The zero-order valence-electron chi connectivity index (χ0n) is 14.6. The Labute approximate surface area is 165 Å². The van der Waals surface area contributed by atoms with E-state index in [0.717, 1.165) is 11.8 Å². The highest BCUT2D eigenvalue weighted by atomic mass is 32.2. The molecule has 0 spiro atoms. The molecular formula is C17H19NO5S3. The van der Waals surface area contributed by atoms with Gasteiger partial charge in [-0.2, -0.15) is 11.8 Å². The summed E-state index contributed by atoms with van der Waals surface area (Å²) in [4.78, 5) is 25.9. The number of carbonyl (C=O) groups is 2. The Kier molecular flexibility index (Phi) is 7.36. The third-order valence-electron chi connectivity index (χ3n) is 3.74. The summed E-state index contributed by atoms with van der Waals surface area (Å²) in [6.45, 7) is 0. The number of nitrogens with zero attached hydrogens (tertiary/aromatic N) is 1. The van der Waals surface area contributed by atoms with Crippen LogP contribution in [-0.4, -0.2) is 58.5 Å². The first kappa shape index (κ1) is 20.6. The first-order valence-corrected chi connectivity index (χ1v) is 10.3. The Bertz CT molecular complexity index is 750. The molecule has 1 saturated heterocycles. The smallest absolute Gasteiger partial charge is 0.326 e. The lowest BCUT2D eigenvalue weighted by Crippen LogP contribution is -2.44. The molecule has 1 atom stereocenters. The number of carbonyl (C=O) groups excluding carboxylic acids is 1. The van der Waals surface area contributed by atoms with E-state index in [0.29, 0.717) is 34.1 Å². The highest BCUT2D eigenvalue weighted by Gasteiger charge is 2.40. The van der Waals surface area contributed by atoms with E-state index in [-0.39, 0.29) is 4.32 Å². The molecule has 1 aliphatic heterocycles.